The van der Waals surface area contributed by atoms with Crippen molar-refractivity contribution in [2.75, 3.05) is 0 Å². The summed E-state index contributed by atoms with van der Waals surface area (Å²) < 4.78 is 36.2. The van der Waals surface area contributed by atoms with Crippen LogP contribution in [0.3, 0.4) is 0 Å². The number of benzene rings is 1. The predicted octanol–water partition coefficient (Wildman–Crippen LogP) is 3.49. The summed E-state index contributed by atoms with van der Waals surface area (Å²) in [6.07, 6.45) is -2.88. The van der Waals surface area contributed by atoms with Crippen LogP contribution < -0.4 is 0 Å². The highest BCUT2D eigenvalue weighted by atomic mass is 19.4. The zero-order chi connectivity index (χ0) is 11.2. The van der Waals surface area contributed by atoms with E-state index in [1.165, 1.54) is 12.1 Å². The standard InChI is InChI=1S/C9H7F3.CHN/c1-2-7-4-3-5-8(6-7)9(10,11)12;1-2/h2-6H,1H2;1H. The predicted molar refractivity (Wildman–Crippen MR) is 48.2 cm³/mol. The second-order valence-electron chi connectivity index (χ2n) is 2.33. The van der Waals surface area contributed by atoms with Crippen molar-refractivity contribution >= 4 is 6.08 Å². The number of alkyl halides is 3. The van der Waals surface area contributed by atoms with Gasteiger partial charge in [-0.15, -0.1) is 0 Å². The Hall–Kier alpha value is -1.76. The maximum absolute atomic E-state index is 12.1. The Morgan fingerprint density at radius 2 is 1.86 bits per heavy atom. The van der Waals surface area contributed by atoms with Crippen molar-refractivity contribution < 1.29 is 13.2 Å². The van der Waals surface area contributed by atoms with Crippen molar-refractivity contribution in [1.82, 2.24) is 0 Å². The topological polar surface area (TPSA) is 23.8 Å². The average Bonchev–Trinajstić information content (AvgIpc) is 2.20. The molecule has 0 aliphatic carbocycles. The molecule has 0 spiro atoms. The lowest BCUT2D eigenvalue weighted by molar-refractivity contribution is -0.137. The Bertz CT molecular complexity index is 326. The van der Waals surface area contributed by atoms with Crippen LogP contribution in [0.25, 0.3) is 6.08 Å². The van der Waals surface area contributed by atoms with Crippen LogP contribution in [0.15, 0.2) is 30.8 Å². The first kappa shape index (κ1) is 12.2. The van der Waals surface area contributed by atoms with Gasteiger partial charge in [-0.2, -0.15) is 13.2 Å². The molecule has 0 N–H and O–H groups in total. The van der Waals surface area contributed by atoms with Crippen LogP contribution >= 0.6 is 0 Å². The molecule has 1 aromatic carbocycles. The van der Waals surface area contributed by atoms with E-state index in [2.05, 4.69) is 13.2 Å². The van der Waals surface area contributed by atoms with Gasteiger partial charge in [0.15, 0.2) is 0 Å². The lowest BCUT2D eigenvalue weighted by Gasteiger charge is -2.06. The molecule has 0 aliphatic rings. The average molecular weight is 199 g/mol. The van der Waals surface area contributed by atoms with Crippen LogP contribution in [-0.4, -0.2) is 0 Å². The fourth-order valence-electron chi connectivity index (χ4n) is 0.842. The minimum Gasteiger partial charge on any atom is -0.202 e. The third-order valence-corrected chi connectivity index (χ3v) is 1.45. The molecule has 0 fully saturated rings. The molecular weight excluding hydrogens is 191 g/mol. The summed E-state index contributed by atoms with van der Waals surface area (Å²) in [5, 5.41) is 6.50. The molecule has 0 radical (unpaired) electrons. The molecule has 0 saturated carbocycles. The molecule has 0 aliphatic heterocycles. The van der Waals surface area contributed by atoms with Crippen molar-refractivity contribution in [2.45, 2.75) is 6.18 Å². The molecule has 1 nitrogen and oxygen atoms in total. The third kappa shape index (κ3) is 3.31. The number of nitriles is 1. The monoisotopic (exact) mass is 199 g/mol. The van der Waals surface area contributed by atoms with Crippen LogP contribution in [0.4, 0.5) is 13.2 Å². The van der Waals surface area contributed by atoms with Crippen LogP contribution in [-0.2, 0) is 6.18 Å². The molecular formula is C10H8F3N. The van der Waals surface area contributed by atoms with E-state index >= 15 is 0 Å². The van der Waals surface area contributed by atoms with Gasteiger partial charge in [0.05, 0.1) is 5.56 Å². The van der Waals surface area contributed by atoms with Crippen LogP contribution in [0.5, 0.6) is 0 Å². The quantitative estimate of drug-likeness (QED) is 0.679. The first-order chi connectivity index (χ1) is 6.54. The Kier molecular flexibility index (Phi) is 4.44. The highest BCUT2D eigenvalue weighted by molar-refractivity contribution is 5.48. The zero-order valence-corrected chi connectivity index (χ0v) is 7.25. The van der Waals surface area contributed by atoms with Gasteiger partial charge in [0.25, 0.3) is 0 Å². The second kappa shape index (κ2) is 5.07. The van der Waals surface area contributed by atoms with E-state index in [-0.39, 0.29) is 0 Å². The molecule has 0 aromatic heterocycles. The molecule has 0 atom stereocenters. The lowest BCUT2D eigenvalue weighted by Crippen LogP contribution is -2.04. The number of hydrogen-bond acceptors (Lipinski definition) is 1. The number of hydrogen-bond donors (Lipinski definition) is 0. The number of nitrogens with zero attached hydrogens (tertiary/aromatic N) is 1. The van der Waals surface area contributed by atoms with Gasteiger partial charge < -0.3 is 0 Å². The fourth-order valence-corrected chi connectivity index (χ4v) is 0.842. The van der Waals surface area contributed by atoms with Gasteiger partial charge in [-0.3, -0.25) is 0 Å². The molecule has 0 amide bonds. The van der Waals surface area contributed by atoms with E-state index < -0.39 is 11.7 Å². The Morgan fingerprint density at radius 1 is 1.29 bits per heavy atom. The van der Waals surface area contributed by atoms with Gasteiger partial charge in [-0.05, 0) is 17.7 Å². The lowest BCUT2D eigenvalue weighted by atomic mass is 10.1. The summed E-state index contributed by atoms with van der Waals surface area (Å²) in [6.45, 7) is 6.89. The van der Waals surface area contributed by atoms with Crippen molar-refractivity contribution in [3.63, 3.8) is 0 Å². The van der Waals surface area contributed by atoms with Crippen molar-refractivity contribution in [3.05, 3.63) is 42.0 Å². The van der Waals surface area contributed by atoms with Gasteiger partial charge in [-0.1, -0.05) is 24.8 Å². The summed E-state index contributed by atoms with van der Waals surface area (Å²) in [4.78, 5) is 0. The fraction of sp³-hybridized carbons (Fsp3) is 0.100. The Balaban J connectivity index is 0.000000791. The molecule has 0 heterocycles. The smallest absolute Gasteiger partial charge is 0.202 e. The molecule has 74 valence electrons. The second-order valence-corrected chi connectivity index (χ2v) is 2.33. The minimum absolute atomic E-state index is 0.477. The maximum Gasteiger partial charge on any atom is 0.416 e. The Labute approximate surface area is 80.1 Å². The number of halogens is 3. The maximum atomic E-state index is 12.1. The zero-order valence-electron chi connectivity index (χ0n) is 7.25. The van der Waals surface area contributed by atoms with Crippen LogP contribution in [0, 0.1) is 11.8 Å². The van der Waals surface area contributed by atoms with Gasteiger partial charge in [0.2, 0.25) is 0 Å². The van der Waals surface area contributed by atoms with E-state index in [0.29, 0.717) is 5.56 Å². The first-order valence-corrected chi connectivity index (χ1v) is 3.59. The van der Waals surface area contributed by atoms with Crippen LogP contribution in [0.1, 0.15) is 11.1 Å². The van der Waals surface area contributed by atoms with Crippen molar-refractivity contribution in [2.24, 2.45) is 0 Å². The van der Waals surface area contributed by atoms with Gasteiger partial charge in [0.1, 0.15) is 0 Å². The SMILES string of the molecule is C#N.C=Cc1cccc(C(F)(F)F)c1. The van der Waals surface area contributed by atoms with E-state index in [1.54, 1.807) is 6.07 Å². The molecule has 14 heavy (non-hydrogen) atoms. The molecule has 1 rings (SSSR count). The highest BCUT2D eigenvalue weighted by Crippen LogP contribution is 2.29. The summed E-state index contributed by atoms with van der Waals surface area (Å²) in [5.74, 6) is 0. The normalized spacial score (nSPS) is 9.79. The minimum atomic E-state index is -4.26. The third-order valence-electron chi connectivity index (χ3n) is 1.45. The van der Waals surface area contributed by atoms with E-state index in [4.69, 9.17) is 5.26 Å². The van der Waals surface area contributed by atoms with Gasteiger partial charge in [-0.25, -0.2) is 5.26 Å². The molecule has 4 heteroatoms. The van der Waals surface area contributed by atoms with Gasteiger partial charge >= 0.3 is 6.18 Å². The summed E-state index contributed by atoms with van der Waals surface area (Å²) >= 11 is 0. The largest absolute Gasteiger partial charge is 0.416 e. The van der Waals surface area contributed by atoms with E-state index in [9.17, 15) is 13.2 Å². The summed E-state index contributed by atoms with van der Waals surface area (Å²) in [7, 11) is 0. The van der Waals surface area contributed by atoms with Gasteiger partial charge in [0, 0.05) is 6.57 Å². The van der Waals surface area contributed by atoms with Crippen molar-refractivity contribution in [3.8, 4) is 6.57 Å². The molecule has 0 saturated heterocycles. The number of rotatable bonds is 1. The van der Waals surface area contributed by atoms with Crippen molar-refractivity contribution in [1.29, 1.82) is 5.26 Å². The summed E-state index contributed by atoms with van der Waals surface area (Å²) in [5.41, 5.74) is -0.162. The van der Waals surface area contributed by atoms with E-state index in [1.807, 2.05) is 0 Å². The van der Waals surface area contributed by atoms with Crippen LogP contribution in [0.2, 0.25) is 0 Å². The molecule has 0 bridgehead atoms. The molecule has 0 unspecified atom stereocenters. The van der Waals surface area contributed by atoms with E-state index in [0.717, 1.165) is 12.1 Å². The summed E-state index contributed by atoms with van der Waals surface area (Å²) in [6, 6.07) is 5.03. The highest BCUT2D eigenvalue weighted by Gasteiger charge is 2.29. The molecule has 1 aromatic rings. The Morgan fingerprint density at radius 3 is 2.29 bits per heavy atom. The first-order valence-electron chi connectivity index (χ1n) is 3.59.